The molecule has 4 atom stereocenters. The number of hydrogen-bond acceptors (Lipinski definition) is 6. The van der Waals surface area contributed by atoms with E-state index in [0.29, 0.717) is 44.5 Å². The minimum Gasteiger partial charge on any atom is -0.376 e. The molecule has 3 aliphatic rings. The van der Waals surface area contributed by atoms with Gasteiger partial charge in [-0.15, -0.1) is 0 Å². The molecule has 0 bridgehead atoms. The van der Waals surface area contributed by atoms with Crippen LogP contribution in [0.5, 0.6) is 0 Å². The van der Waals surface area contributed by atoms with E-state index in [1.807, 2.05) is 121 Å². The third kappa shape index (κ3) is 10.5. The van der Waals surface area contributed by atoms with E-state index in [2.05, 4.69) is 30.3 Å². The number of rotatable bonds is 17. The molecule has 2 N–H and O–H groups in total. The molecular formula is C52H51ClO6. The average molecular weight is 807 g/mol. The van der Waals surface area contributed by atoms with E-state index in [4.69, 9.17) is 30.5 Å². The van der Waals surface area contributed by atoms with Crippen LogP contribution in [0.4, 0.5) is 0 Å². The molecule has 6 nitrogen and oxygen atoms in total. The molecule has 0 saturated heterocycles. The Kier molecular flexibility index (Phi) is 13.5. The second-order valence-corrected chi connectivity index (χ2v) is 16.0. The zero-order valence-electron chi connectivity index (χ0n) is 33.1. The molecular weight excluding hydrogens is 756 g/mol. The lowest BCUT2D eigenvalue weighted by atomic mass is 9.80. The molecule has 0 aliphatic heterocycles. The van der Waals surface area contributed by atoms with Gasteiger partial charge in [0.25, 0.3) is 0 Å². The Morgan fingerprint density at radius 1 is 0.610 bits per heavy atom. The van der Waals surface area contributed by atoms with Crippen LogP contribution in [0.25, 0.3) is 5.57 Å². The number of benzene rings is 5. The summed E-state index contributed by atoms with van der Waals surface area (Å²) in [4.78, 5) is 0. The molecule has 0 spiro atoms. The summed E-state index contributed by atoms with van der Waals surface area (Å²) in [6.45, 7) is 1.77. The van der Waals surface area contributed by atoms with Crippen molar-refractivity contribution in [2.45, 2.75) is 69.8 Å². The molecule has 3 aliphatic carbocycles. The lowest BCUT2D eigenvalue weighted by Gasteiger charge is -2.42. The Balaban J connectivity index is 1.21. The fourth-order valence-corrected chi connectivity index (χ4v) is 8.19. The van der Waals surface area contributed by atoms with Crippen LogP contribution >= 0.6 is 11.6 Å². The van der Waals surface area contributed by atoms with Gasteiger partial charge in [0.1, 0.15) is 12.2 Å². The van der Waals surface area contributed by atoms with Crippen molar-refractivity contribution < 1.29 is 29.2 Å². The minimum absolute atomic E-state index is 0.180. The van der Waals surface area contributed by atoms with E-state index >= 15 is 0 Å². The van der Waals surface area contributed by atoms with Gasteiger partial charge in [-0.2, -0.15) is 0 Å². The zero-order chi connectivity index (χ0) is 40.4. The average Bonchev–Trinajstić information content (AvgIpc) is 4.14. The highest BCUT2D eigenvalue weighted by atomic mass is 35.5. The second-order valence-electron chi connectivity index (χ2n) is 15.6. The highest BCUT2D eigenvalue weighted by molar-refractivity contribution is 6.31. The molecule has 0 aromatic heterocycles. The normalized spacial score (nSPS) is 20.7. The maximum Gasteiger partial charge on any atom is 0.218 e. The number of ether oxygens (including phenoxy) is 4. The van der Waals surface area contributed by atoms with Gasteiger partial charge >= 0.3 is 0 Å². The molecule has 8 rings (SSSR count). The van der Waals surface area contributed by atoms with Crippen LogP contribution in [0, 0.1) is 11.8 Å². The fourth-order valence-electron chi connectivity index (χ4n) is 7.94. The van der Waals surface area contributed by atoms with Crippen molar-refractivity contribution in [3.05, 3.63) is 219 Å². The van der Waals surface area contributed by atoms with Crippen molar-refractivity contribution >= 4 is 17.2 Å². The molecule has 5 aromatic carbocycles. The first-order chi connectivity index (χ1) is 28.9. The predicted octanol–water partition coefficient (Wildman–Crippen LogP) is 10.7. The maximum absolute atomic E-state index is 12.0. The van der Waals surface area contributed by atoms with E-state index in [9.17, 15) is 10.2 Å². The molecule has 0 heterocycles. The van der Waals surface area contributed by atoms with E-state index in [1.165, 1.54) is 18.4 Å². The first kappa shape index (κ1) is 40.9. The molecule has 5 aromatic rings. The smallest absolute Gasteiger partial charge is 0.218 e. The Labute approximate surface area is 352 Å². The van der Waals surface area contributed by atoms with Crippen molar-refractivity contribution in [3.8, 4) is 0 Å². The van der Waals surface area contributed by atoms with E-state index in [1.54, 1.807) is 18.2 Å². The number of hydrogen-bond donors (Lipinski definition) is 2. The van der Waals surface area contributed by atoms with Gasteiger partial charge in [0.05, 0.1) is 39.1 Å². The Hall–Kier alpha value is -4.89. The first-order valence-electron chi connectivity index (χ1n) is 20.6. The lowest BCUT2D eigenvalue weighted by Crippen LogP contribution is -2.50. The highest BCUT2D eigenvalue weighted by Gasteiger charge is 2.44. The molecule has 7 heteroatoms. The number of halogens is 1. The van der Waals surface area contributed by atoms with Gasteiger partial charge in [-0.25, -0.2) is 0 Å². The quantitative estimate of drug-likeness (QED) is 0.0912. The van der Waals surface area contributed by atoms with Gasteiger partial charge in [-0.05, 0) is 70.7 Å². The van der Waals surface area contributed by atoms with Crippen LogP contribution in [-0.4, -0.2) is 35.1 Å². The number of allylic oxidation sites excluding steroid dienone is 4. The molecule has 0 radical (unpaired) electrons. The lowest BCUT2D eigenvalue weighted by molar-refractivity contribution is -0.158. The van der Waals surface area contributed by atoms with Crippen LogP contribution in [-0.2, 0) is 51.2 Å². The SMILES string of the molecule is OC(O)(C1=CC=C(C2CC2)CC=C1)c1cc(C2=CC(COCc3ccccc3)C(OCc3ccccc3)C(OCc3ccccc3)C2OCc2ccccc2)ccc1Cl. The third-order valence-electron chi connectivity index (χ3n) is 11.3. The highest BCUT2D eigenvalue weighted by Crippen LogP contribution is 2.43. The third-order valence-corrected chi connectivity index (χ3v) is 11.6. The summed E-state index contributed by atoms with van der Waals surface area (Å²) in [6, 6.07) is 45.8. The number of aliphatic hydroxyl groups is 2. The van der Waals surface area contributed by atoms with E-state index < -0.39 is 24.1 Å². The topological polar surface area (TPSA) is 77.4 Å². The monoisotopic (exact) mass is 806 g/mol. The Morgan fingerprint density at radius 2 is 1.15 bits per heavy atom. The van der Waals surface area contributed by atoms with Gasteiger partial charge in [-0.3, -0.25) is 0 Å². The molecule has 1 fully saturated rings. The molecule has 0 amide bonds. The molecule has 59 heavy (non-hydrogen) atoms. The van der Waals surface area contributed by atoms with Crippen molar-refractivity contribution in [3.63, 3.8) is 0 Å². The Bertz CT molecular complexity index is 2250. The molecule has 1 saturated carbocycles. The van der Waals surface area contributed by atoms with Crippen molar-refractivity contribution in [1.29, 1.82) is 0 Å². The summed E-state index contributed by atoms with van der Waals surface area (Å²) < 4.78 is 27.3. The van der Waals surface area contributed by atoms with Crippen LogP contribution < -0.4 is 0 Å². The maximum atomic E-state index is 12.0. The summed E-state index contributed by atoms with van der Waals surface area (Å²) in [7, 11) is 0. The van der Waals surface area contributed by atoms with Gasteiger partial charge in [0, 0.05) is 22.1 Å². The van der Waals surface area contributed by atoms with Gasteiger partial charge in [0.2, 0.25) is 5.79 Å². The summed E-state index contributed by atoms with van der Waals surface area (Å²) >= 11 is 6.87. The molecule has 302 valence electrons. The van der Waals surface area contributed by atoms with Gasteiger partial charge < -0.3 is 29.2 Å². The van der Waals surface area contributed by atoms with Crippen molar-refractivity contribution in [2.75, 3.05) is 6.61 Å². The summed E-state index contributed by atoms with van der Waals surface area (Å²) in [5.74, 6) is -2.07. The van der Waals surface area contributed by atoms with Crippen LogP contribution in [0.3, 0.4) is 0 Å². The summed E-state index contributed by atoms with van der Waals surface area (Å²) in [6.07, 6.45) is 11.2. The first-order valence-corrected chi connectivity index (χ1v) is 20.9. The van der Waals surface area contributed by atoms with Gasteiger partial charge in [0.15, 0.2) is 0 Å². The largest absolute Gasteiger partial charge is 0.376 e. The van der Waals surface area contributed by atoms with Crippen LogP contribution in [0.15, 0.2) is 181 Å². The second kappa shape index (κ2) is 19.4. The zero-order valence-corrected chi connectivity index (χ0v) is 33.9. The summed E-state index contributed by atoms with van der Waals surface area (Å²) in [5.41, 5.74) is 7.53. The van der Waals surface area contributed by atoms with E-state index in [0.717, 1.165) is 39.8 Å². The fraction of sp³-hybridized carbons (Fsp3) is 0.269. The summed E-state index contributed by atoms with van der Waals surface area (Å²) in [5, 5.41) is 24.2. The van der Waals surface area contributed by atoms with Crippen molar-refractivity contribution in [1.82, 2.24) is 0 Å². The van der Waals surface area contributed by atoms with Crippen LogP contribution in [0.2, 0.25) is 5.02 Å². The van der Waals surface area contributed by atoms with Gasteiger partial charge in [-0.1, -0.05) is 175 Å². The van der Waals surface area contributed by atoms with E-state index in [-0.39, 0.29) is 16.5 Å². The Morgan fingerprint density at radius 3 is 1.73 bits per heavy atom. The van der Waals surface area contributed by atoms with Crippen molar-refractivity contribution in [2.24, 2.45) is 11.8 Å². The predicted molar refractivity (Wildman–Crippen MR) is 233 cm³/mol. The standard InChI is InChI=1S/C52H51ClO6/c53-48-29-27-43(31-47(48)52(54,55)45-23-13-22-41(26-28-45)42-24-25-42)46-30-44(36-56-32-37-14-5-1-6-15-37)49(57-33-38-16-7-2-8-17-38)51(59-35-40-20-11-4-12-21-40)50(46)58-34-39-18-9-3-10-19-39/h1-21,23,26-31,42,44,49-51,54-55H,22,24-25,32-36H2. The molecule has 4 unspecified atom stereocenters. The van der Waals surface area contributed by atoms with Crippen LogP contribution in [0.1, 0.15) is 52.6 Å². The minimum atomic E-state index is -2.36.